The fraction of sp³-hybridized carbons (Fsp3) is 0.250. The van der Waals surface area contributed by atoms with Crippen molar-refractivity contribution in [1.82, 2.24) is 4.90 Å². The van der Waals surface area contributed by atoms with Gasteiger partial charge >= 0.3 is 5.97 Å². The Morgan fingerprint density at radius 1 is 1.18 bits per heavy atom. The highest BCUT2D eigenvalue weighted by atomic mass is 32.2. The number of para-hydroxylation sites is 1. The number of rotatable bonds is 3. The fourth-order valence-corrected chi connectivity index (χ4v) is 5.01. The number of thioether (sulfide) groups is 1. The molecule has 0 saturated heterocycles. The second-order valence-corrected chi connectivity index (χ2v) is 7.52. The summed E-state index contributed by atoms with van der Waals surface area (Å²) in [6.07, 6.45) is 1.72. The highest BCUT2D eigenvalue weighted by Gasteiger charge is 2.63. The SMILES string of the molecule is CSC1=C([N+](=O)[O-])C(c2ccccc2)C2C(=O)Oc3ccccc3C2(O)N1C. The lowest BCUT2D eigenvalue weighted by molar-refractivity contribution is -0.437. The van der Waals surface area contributed by atoms with E-state index in [4.69, 9.17) is 4.74 Å². The van der Waals surface area contributed by atoms with Crippen LogP contribution in [0.4, 0.5) is 0 Å². The van der Waals surface area contributed by atoms with Gasteiger partial charge in [0.1, 0.15) is 16.7 Å². The number of ether oxygens (including phenoxy) is 1. The topological polar surface area (TPSA) is 92.9 Å². The van der Waals surface area contributed by atoms with E-state index in [1.54, 1.807) is 67.9 Å². The molecule has 0 spiro atoms. The maximum atomic E-state index is 13.0. The predicted molar refractivity (Wildman–Crippen MR) is 104 cm³/mol. The third-order valence-corrected chi connectivity index (χ3v) is 6.26. The number of hydrogen-bond donors (Lipinski definition) is 1. The van der Waals surface area contributed by atoms with Crippen LogP contribution in [0.1, 0.15) is 17.0 Å². The van der Waals surface area contributed by atoms with E-state index in [1.807, 2.05) is 0 Å². The van der Waals surface area contributed by atoms with Crippen LogP contribution < -0.4 is 4.74 Å². The molecular formula is C20H18N2O5S. The van der Waals surface area contributed by atoms with Crippen LogP contribution in [0.3, 0.4) is 0 Å². The van der Waals surface area contributed by atoms with Gasteiger partial charge in [-0.05, 0) is 17.9 Å². The van der Waals surface area contributed by atoms with Crippen LogP contribution >= 0.6 is 11.8 Å². The highest BCUT2D eigenvalue weighted by Crippen LogP contribution is 2.56. The van der Waals surface area contributed by atoms with Gasteiger partial charge in [0.15, 0.2) is 5.72 Å². The molecule has 0 saturated carbocycles. The molecule has 2 aliphatic rings. The molecule has 2 heterocycles. The van der Waals surface area contributed by atoms with Gasteiger partial charge in [0.25, 0.3) is 5.70 Å². The Morgan fingerprint density at radius 3 is 2.46 bits per heavy atom. The van der Waals surface area contributed by atoms with E-state index >= 15 is 0 Å². The van der Waals surface area contributed by atoms with Crippen LogP contribution in [0, 0.1) is 16.0 Å². The molecular weight excluding hydrogens is 380 g/mol. The van der Waals surface area contributed by atoms with Crippen molar-refractivity contribution in [3.63, 3.8) is 0 Å². The van der Waals surface area contributed by atoms with Crippen molar-refractivity contribution in [3.05, 3.63) is 86.6 Å². The molecule has 7 nitrogen and oxygen atoms in total. The largest absolute Gasteiger partial charge is 0.426 e. The van der Waals surface area contributed by atoms with Gasteiger partial charge < -0.3 is 14.7 Å². The molecule has 1 N–H and O–H groups in total. The Morgan fingerprint density at radius 2 is 1.82 bits per heavy atom. The number of carbonyl (C=O) groups is 1. The van der Waals surface area contributed by atoms with E-state index in [2.05, 4.69) is 0 Å². The lowest BCUT2D eigenvalue weighted by Crippen LogP contribution is -2.60. The van der Waals surface area contributed by atoms with Crippen LogP contribution in [0.5, 0.6) is 5.75 Å². The lowest BCUT2D eigenvalue weighted by Gasteiger charge is -2.51. The first-order valence-corrected chi connectivity index (χ1v) is 9.88. The summed E-state index contributed by atoms with van der Waals surface area (Å²) >= 11 is 1.17. The second kappa shape index (κ2) is 6.65. The molecule has 4 rings (SSSR count). The van der Waals surface area contributed by atoms with Crippen LogP contribution in [0.25, 0.3) is 0 Å². The third-order valence-electron chi connectivity index (χ3n) is 5.39. The molecule has 3 atom stereocenters. The molecule has 144 valence electrons. The number of fused-ring (bicyclic) bond motifs is 3. The Bertz CT molecular complexity index is 993. The maximum Gasteiger partial charge on any atom is 0.320 e. The van der Waals surface area contributed by atoms with Crippen molar-refractivity contribution >= 4 is 17.7 Å². The zero-order chi connectivity index (χ0) is 20.1. The minimum atomic E-state index is -1.77. The summed E-state index contributed by atoms with van der Waals surface area (Å²) in [6.45, 7) is 0. The molecule has 0 fully saturated rings. The first-order valence-electron chi connectivity index (χ1n) is 8.66. The standard InChI is InChI=1S/C20H18N2O5S/c1-21-18(28-2)17(22(25)26)15(12-8-4-3-5-9-12)16-19(23)27-14-11-7-6-10-13(14)20(16,21)24/h3-11,15-16,24H,1-2H3. The Balaban J connectivity index is 2.06. The van der Waals surface area contributed by atoms with Crippen molar-refractivity contribution in [2.45, 2.75) is 11.6 Å². The van der Waals surface area contributed by atoms with Crippen molar-refractivity contribution in [2.75, 3.05) is 13.3 Å². The van der Waals surface area contributed by atoms with Crippen molar-refractivity contribution in [3.8, 4) is 5.75 Å². The van der Waals surface area contributed by atoms with E-state index in [1.165, 1.54) is 16.7 Å². The van der Waals surface area contributed by atoms with Crippen molar-refractivity contribution in [1.29, 1.82) is 0 Å². The van der Waals surface area contributed by atoms with E-state index < -0.39 is 28.5 Å². The van der Waals surface area contributed by atoms with E-state index in [9.17, 15) is 20.0 Å². The highest BCUT2D eigenvalue weighted by molar-refractivity contribution is 8.02. The monoisotopic (exact) mass is 398 g/mol. The van der Waals surface area contributed by atoms with Gasteiger partial charge in [0.05, 0.1) is 10.8 Å². The number of nitrogens with zero attached hydrogens (tertiary/aromatic N) is 2. The molecule has 2 aromatic rings. The molecule has 0 aromatic heterocycles. The summed E-state index contributed by atoms with van der Waals surface area (Å²) < 4.78 is 5.49. The lowest BCUT2D eigenvalue weighted by atomic mass is 9.71. The van der Waals surface area contributed by atoms with E-state index in [-0.39, 0.29) is 11.4 Å². The average molecular weight is 398 g/mol. The number of aliphatic hydroxyl groups is 1. The first-order chi connectivity index (χ1) is 13.4. The van der Waals surface area contributed by atoms with E-state index in [0.29, 0.717) is 16.2 Å². The summed E-state index contributed by atoms with van der Waals surface area (Å²) in [4.78, 5) is 26.1. The summed E-state index contributed by atoms with van der Waals surface area (Å²) in [5.41, 5.74) is -0.901. The molecule has 0 amide bonds. The van der Waals surface area contributed by atoms with Crippen LogP contribution in [0.15, 0.2) is 65.3 Å². The number of nitro groups is 1. The zero-order valence-electron chi connectivity index (χ0n) is 15.2. The summed E-state index contributed by atoms with van der Waals surface area (Å²) in [5, 5.41) is 24.2. The van der Waals surface area contributed by atoms with Gasteiger partial charge in [-0.25, -0.2) is 0 Å². The van der Waals surface area contributed by atoms with Gasteiger partial charge in [-0.3, -0.25) is 14.9 Å². The van der Waals surface area contributed by atoms with Crippen molar-refractivity contribution in [2.24, 2.45) is 5.92 Å². The van der Waals surface area contributed by atoms with Crippen LogP contribution in [-0.4, -0.2) is 34.2 Å². The number of esters is 1. The smallest absolute Gasteiger partial charge is 0.320 e. The second-order valence-electron chi connectivity index (χ2n) is 6.72. The summed E-state index contributed by atoms with van der Waals surface area (Å²) in [5.74, 6) is -2.58. The van der Waals surface area contributed by atoms with Crippen molar-refractivity contribution < 1.29 is 19.6 Å². The van der Waals surface area contributed by atoms with Gasteiger partial charge in [0, 0.05) is 12.6 Å². The Kier molecular flexibility index (Phi) is 4.40. The normalized spacial score (nSPS) is 26.4. The minimum Gasteiger partial charge on any atom is -0.426 e. The van der Waals surface area contributed by atoms with Gasteiger partial charge in [-0.1, -0.05) is 48.5 Å². The molecule has 2 aromatic carbocycles. The summed E-state index contributed by atoms with van der Waals surface area (Å²) in [6, 6.07) is 15.5. The van der Waals surface area contributed by atoms with E-state index in [0.717, 1.165) is 0 Å². The minimum absolute atomic E-state index is 0.118. The fourth-order valence-electron chi connectivity index (χ4n) is 4.18. The molecule has 8 heteroatoms. The number of carbonyl (C=O) groups excluding carboxylic acids is 1. The number of benzene rings is 2. The van der Waals surface area contributed by atoms with Gasteiger partial charge in [-0.15, -0.1) is 11.8 Å². The Labute approximate surface area is 165 Å². The number of hydrogen-bond acceptors (Lipinski definition) is 7. The third kappa shape index (κ3) is 2.45. The molecule has 0 bridgehead atoms. The summed E-state index contributed by atoms with van der Waals surface area (Å²) in [7, 11) is 1.57. The van der Waals surface area contributed by atoms with Gasteiger partial charge in [0.2, 0.25) is 0 Å². The van der Waals surface area contributed by atoms with Crippen LogP contribution in [-0.2, 0) is 10.5 Å². The average Bonchev–Trinajstić information content (AvgIpc) is 2.69. The maximum absolute atomic E-state index is 13.0. The molecule has 0 radical (unpaired) electrons. The molecule has 0 aliphatic carbocycles. The predicted octanol–water partition coefficient (Wildman–Crippen LogP) is 2.90. The first kappa shape index (κ1) is 18.5. The molecule has 3 unspecified atom stereocenters. The quantitative estimate of drug-likeness (QED) is 0.368. The molecule has 2 aliphatic heterocycles. The number of allylic oxidation sites excluding steroid dienone is 1. The molecule has 28 heavy (non-hydrogen) atoms. The Hall–Kier alpha value is -2.84. The zero-order valence-corrected chi connectivity index (χ0v) is 16.1. The van der Waals surface area contributed by atoms with Gasteiger partial charge in [-0.2, -0.15) is 0 Å². The van der Waals surface area contributed by atoms with Crippen LogP contribution in [0.2, 0.25) is 0 Å².